The highest BCUT2D eigenvalue weighted by Gasteiger charge is 2.16. The Morgan fingerprint density at radius 2 is 1.93 bits per heavy atom. The van der Waals surface area contributed by atoms with Crippen molar-refractivity contribution in [2.24, 2.45) is 0 Å². The van der Waals surface area contributed by atoms with Gasteiger partial charge < -0.3 is 5.32 Å². The van der Waals surface area contributed by atoms with Gasteiger partial charge in [0.15, 0.2) is 11.5 Å². The van der Waals surface area contributed by atoms with Crippen molar-refractivity contribution in [3.05, 3.63) is 65.2 Å². The summed E-state index contributed by atoms with van der Waals surface area (Å²) in [5, 5.41) is 9.60. The van der Waals surface area contributed by atoms with Crippen molar-refractivity contribution >= 4 is 33.7 Å². The zero-order valence-corrected chi connectivity index (χ0v) is 16.5. The first kappa shape index (κ1) is 18.2. The first-order chi connectivity index (χ1) is 13.6. The molecule has 0 atom stereocenters. The number of anilines is 1. The Balaban J connectivity index is 1.81. The number of carbonyl (C=O) groups excluding carboxylic acids is 1. The average Bonchev–Trinajstić information content (AvgIpc) is 3.02. The molecule has 0 aliphatic carbocycles. The molecule has 0 fully saturated rings. The Morgan fingerprint density at radius 3 is 2.71 bits per heavy atom. The lowest BCUT2D eigenvalue weighted by atomic mass is 10.1. The molecule has 1 amide bonds. The fraction of sp³-hybridized carbons (Fsp3) is 0.261. The van der Waals surface area contributed by atoms with Gasteiger partial charge in [-0.3, -0.25) is 4.79 Å². The Kier molecular flexibility index (Phi) is 4.82. The molecule has 28 heavy (non-hydrogen) atoms. The number of hydrogen-bond donors (Lipinski definition) is 1. The first-order valence-electron chi connectivity index (χ1n) is 9.71. The summed E-state index contributed by atoms with van der Waals surface area (Å²) in [6.45, 7) is 6.97. The summed E-state index contributed by atoms with van der Waals surface area (Å²) >= 11 is 0. The molecule has 0 spiro atoms. The summed E-state index contributed by atoms with van der Waals surface area (Å²) in [4.78, 5) is 17.7. The van der Waals surface area contributed by atoms with Crippen LogP contribution >= 0.6 is 0 Å². The second kappa shape index (κ2) is 7.43. The minimum atomic E-state index is -0.157. The maximum Gasteiger partial charge on any atom is 0.256 e. The van der Waals surface area contributed by atoms with Crippen LogP contribution in [0.3, 0.4) is 0 Å². The van der Waals surface area contributed by atoms with Crippen LogP contribution in [-0.4, -0.2) is 20.7 Å². The van der Waals surface area contributed by atoms with Crippen LogP contribution in [0.1, 0.15) is 41.3 Å². The molecule has 1 N–H and O–H groups in total. The Bertz CT molecular complexity index is 1180. The number of para-hydroxylation sites is 1. The summed E-state index contributed by atoms with van der Waals surface area (Å²) in [7, 11) is 0. The van der Waals surface area contributed by atoms with Gasteiger partial charge in [0.05, 0.1) is 10.9 Å². The summed E-state index contributed by atoms with van der Waals surface area (Å²) < 4.78 is 1.91. The fourth-order valence-corrected chi connectivity index (χ4v) is 3.45. The van der Waals surface area contributed by atoms with Crippen molar-refractivity contribution in [3.63, 3.8) is 0 Å². The van der Waals surface area contributed by atoms with E-state index in [0.29, 0.717) is 11.4 Å². The van der Waals surface area contributed by atoms with Gasteiger partial charge in [0.25, 0.3) is 5.91 Å². The third-order valence-electron chi connectivity index (χ3n) is 4.98. The van der Waals surface area contributed by atoms with E-state index in [4.69, 9.17) is 4.98 Å². The van der Waals surface area contributed by atoms with Crippen LogP contribution in [0.5, 0.6) is 0 Å². The number of nitrogens with zero attached hydrogens (tertiary/aromatic N) is 3. The van der Waals surface area contributed by atoms with Gasteiger partial charge in [-0.25, -0.2) is 9.67 Å². The lowest BCUT2D eigenvalue weighted by molar-refractivity contribution is 0.102. The molecule has 5 heteroatoms. The molecule has 0 aliphatic rings. The molecule has 142 valence electrons. The first-order valence-corrected chi connectivity index (χ1v) is 9.71. The standard InChI is InChI=1S/C23H24N4O/c1-4-5-12-27-22-19(14-17-10-7-9-16(3)20(17)24-22)21(26-27)25-23(28)18-11-6-8-15(2)13-18/h6-11,13-14H,4-5,12H2,1-3H3,(H,25,26,28). The van der Waals surface area contributed by atoms with E-state index in [0.717, 1.165) is 52.4 Å². The van der Waals surface area contributed by atoms with Crippen LogP contribution in [-0.2, 0) is 6.54 Å². The number of rotatable bonds is 5. The van der Waals surface area contributed by atoms with E-state index in [9.17, 15) is 4.79 Å². The largest absolute Gasteiger partial charge is 0.305 e. The highest BCUT2D eigenvalue weighted by Crippen LogP contribution is 2.28. The molecular weight excluding hydrogens is 348 g/mol. The van der Waals surface area contributed by atoms with Crippen molar-refractivity contribution in [1.82, 2.24) is 14.8 Å². The Labute approximate surface area is 164 Å². The van der Waals surface area contributed by atoms with Gasteiger partial charge in [-0.05, 0) is 44.0 Å². The Hall–Kier alpha value is -3.21. The molecule has 0 saturated carbocycles. The minimum Gasteiger partial charge on any atom is -0.305 e. The van der Waals surface area contributed by atoms with E-state index in [-0.39, 0.29) is 5.91 Å². The number of benzene rings is 2. The molecule has 5 nitrogen and oxygen atoms in total. The smallest absolute Gasteiger partial charge is 0.256 e. The monoisotopic (exact) mass is 372 g/mol. The second-order valence-electron chi connectivity index (χ2n) is 7.26. The highest BCUT2D eigenvalue weighted by molar-refractivity contribution is 6.09. The van der Waals surface area contributed by atoms with E-state index >= 15 is 0 Å². The summed E-state index contributed by atoms with van der Waals surface area (Å²) in [5.41, 5.74) is 4.60. The highest BCUT2D eigenvalue weighted by atomic mass is 16.1. The van der Waals surface area contributed by atoms with Gasteiger partial charge >= 0.3 is 0 Å². The summed E-state index contributed by atoms with van der Waals surface area (Å²) in [6, 6.07) is 15.8. The third-order valence-corrected chi connectivity index (χ3v) is 4.98. The number of pyridine rings is 1. The molecule has 4 aromatic rings. The minimum absolute atomic E-state index is 0.157. The van der Waals surface area contributed by atoms with Gasteiger partial charge in [-0.1, -0.05) is 49.2 Å². The molecule has 2 heterocycles. The number of hydrogen-bond acceptors (Lipinski definition) is 3. The normalized spacial score (nSPS) is 11.2. The molecule has 0 aliphatic heterocycles. The van der Waals surface area contributed by atoms with E-state index in [1.807, 2.05) is 48.0 Å². The van der Waals surface area contributed by atoms with Crippen molar-refractivity contribution in [3.8, 4) is 0 Å². The zero-order valence-electron chi connectivity index (χ0n) is 16.5. The number of nitrogens with one attached hydrogen (secondary N) is 1. The topological polar surface area (TPSA) is 59.8 Å². The van der Waals surface area contributed by atoms with E-state index in [1.165, 1.54) is 0 Å². The van der Waals surface area contributed by atoms with Crippen LogP contribution in [0.2, 0.25) is 0 Å². The third kappa shape index (κ3) is 3.36. The van der Waals surface area contributed by atoms with Crippen LogP contribution in [0.4, 0.5) is 5.82 Å². The van der Waals surface area contributed by atoms with Crippen molar-refractivity contribution < 1.29 is 4.79 Å². The predicted octanol–water partition coefficient (Wildman–Crippen LogP) is 5.25. The number of aryl methyl sites for hydroxylation is 3. The molecule has 2 aromatic heterocycles. The maximum absolute atomic E-state index is 12.8. The van der Waals surface area contributed by atoms with Gasteiger partial charge in [0.2, 0.25) is 0 Å². The lowest BCUT2D eigenvalue weighted by Gasteiger charge is -2.05. The molecule has 0 bridgehead atoms. The molecule has 0 radical (unpaired) electrons. The van der Waals surface area contributed by atoms with Crippen LogP contribution in [0, 0.1) is 13.8 Å². The van der Waals surface area contributed by atoms with Crippen molar-refractivity contribution in [2.45, 2.75) is 40.2 Å². The molecule has 4 rings (SSSR count). The predicted molar refractivity (Wildman–Crippen MR) is 114 cm³/mol. The van der Waals surface area contributed by atoms with Gasteiger partial charge in [-0.15, -0.1) is 0 Å². The summed E-state index contributed by atoms with van der Waals surface area (Å²) in [5.74, 6) is 0.406. The van der Waals surface area contributed by atoms with Gasteiger partial charge in [-0.2, -0.15) is 5.10 Å². The van der Waals surface area contributed by atoms with Crippen LogP contribution in [0.15, 0.2) is 48.5 Å². The second-order valence-corrected chi connectivity index (χ2v) is 7.26. The quantitative estimate of drug-likeness (QED) is 0.520. The fourth-order valence-electron chi connectivity index (χ4n) is 3.45. The van der Waals surface area contributed by atoms with E-state index in [2.05, 4.69) is 36.4 Å². The number of aromatic nitrogens is 3. The zero-order chi connectivity index (χ0) is 19.7. The number of unbranched alkanes of at least 4 members (excludes halogenated alkanes) is 1. The van der Waals surface area contributed by atoms with Crippen LogP contribution < -0.4 is 5.32 Å². The molecule has 0 unspecified atom stereocenters. The Morgan fingerprint density at radius 1 is 1.11 bits per heavy atom. The average molecular weight is 372 g/mol. The summed E-state index contributed by atoms with van der Waals surface area (Å²) in [6.07, 6.45) is 2.08. The SMILES string of the molecule is CCCCn1nc(NC(=O)c2cccc(C)c2)c2cc3cccc(C)c3nc21. The van der Waals surface area contributed by atoms with Gasteiger partial charge in [0.1, 0.15) is 0 Å². The van der Waals surface area contributed by atoms with Crippen molar-refractivity contribution in [2.75, 3.05) is 5.32 Å². The molecule has 0 saturated heterocycles. The van der Waals surface area contributed by atoms with Crippen molar-refractivity contribution in [1.29, 1.82) is 0 Å². The van der Waals surface area contributed by atoms with Crippen LogP contribution in [0.25, 0.3) is 21.9 Å². The van der Waals surface area contributed by atoms with Gasteiger partial charge in [0, 0.05) is 17.5 Å². The van der Waals surface area contributed by atoms with E-state index < -0.39 is 0 Å². The maximum atomic E-state index is 12.8. The number of fused-ring (bicyclic) bond motifs is 2. The molecular formula is C23H24N4O. The number of amides is 1. The van der Waals surface area contributed by atoms with E-state index in [1.54, 1.807) is 0 Å². The lowest BCUT2D eigenvalue weighted by Crippen LogP contribution is -2.13. The molecule has 2 aromatic carbocycles. The number of carbonyl (C=O) groups is 1.